The number of aliphatic imine (C=N–C) groups is 1. The molecule has 1 saturated heterocycles. The van der Waals surface area contributed by atoms with Crippen LogP contribution in [-0.4, -0.2) is 24.3 Å². The van der Waals surface area contributed by atoms with Gasteiger partial charge >= 0.3 is 0 Å². The Labute approximate surface area is 201 Å². The van der Waals surface area contributed by atoms with Crippen molar-refractivity contribution in [2.75, 3.05) is 12.8 Å². The van der Waals surface area contributed by atoms with Crippen molar-refractivity contribution in [1.29, 1.82) is 0 Å². The summed E-state index contributed by atoms with van der Waals surface area (Å²) >= 11 is 6.75. The van der Waals surface area contributed by atoms with Crippen molar-refractivity contribution < 1.29 is 4.74 Å². The van der Waals surface area contributed by atoms with Crippen LogP contribution in [0.4, 0.5) is 0 Å². The molecule has 6 rings (SSSR count). The van der Waals surface area contributed by atoms with E-state index in [1.165, 1.54) is 27.6 Å². The maximum Gasteiger partial charge on any atom is 0.193 e. The van der Waals surface area contributed by atoms with Crippen molar-refractivity contribution in [3.05, 3.63) is 113 Å². The van der Waals surface area contributed by atoms with Crippen LogP contribution in [0.5, 0.6) is 0 Å². The smallest absolute Gasteiger partial charge is 0.193 e. The Hall–Kier alpha value is -2.48. The van der Waals surface area contributed by atoms with Crippen LogP contribution in [0, 0.1) is 5.41 Å². The van der Waals surface area contributed by atoms with Crippen molar-refractivity contribution in [3.63, 3.8) is 0 Å². The highest BCUT2D eigenvalue weighted by Crippen LogP contribution is 2.83. The third-order valence-corrected chi connectivity index (χ3v) is 13.4. The van der Waals surface area contributed by atoms with Gasteiger partial charge in [-0.05, 0) is 41.1 Å². The van der Waals surface area contributed by atoms with Crippen LogP contribution >= 0.6 is 6.04 Å². The maximum atomic E-state index is 6.75. The van der Waals surface area contributed by atoms with Gasteiger partial charge in [0.2, 0.25) is 0 Å². The lowest BCUT2D eigenvalue weighted by molar-refractivity contribution is 0.300. The first-order valence-corrected chi connectivity index (χ1v) is 14.7. The highest BCUT2D eigenvalue weighted by molar-refractivity contribution is 8.20. The summed E-state index contributed by atoms with van der Waals surface area (Å²) in [5.41, 5.74) is 5.50. The van der Waals surface area contributed by atoms with E-state index in [2.05, 4.69) is 105 Å². The predicted octanol–water partition coefficient (Wildman–Crippen LogP) is 7.25. The summed E-state index contributed by atoms with van der Waals surface area (Å²) in [6.07, 6.45) is 1.05. The van der Waals surface area contributed by atoms with E-state index in [0.29, 0.717) is 12.5 Å². The molecule has 3 aromatic rings. The lowest BCUT2D eigenvalue weighted by atomic mass is 9.68. The molecule has 1 unspecified atom stereocenters. The van der Waals surface area contributed by atoms with Gasteiger partial charge in [0.05, 0.1) is 5.66 Å². The summed E-state index contributed by atoms with van der Waals surface area (Å²) in [5.74, 6) is 1.19. The molecule has 1 fully saturated rings. The van der Waals surface area contributed by atoms with Crippen molar-refractivity contribution in [3.8, 4) is 0 Å². The molecule has 0 radical (unpaired) electrons. The van der Waals surface area contributed by atoms with Crippen LogP contribution < -0.4 is 0 Å². The molecular formula is C29H28NOPS. The van der Waals surface area contributed by atoms with E-state index in [1.807, 2.05) is 0 Å². The van der Waals surface area contributed by atoms with Crippen LogP contribution in [0.1, 0.15) is 42.5 Å². The summed E-state index contributed by atoms with van der Waals surface area (Å²) in [6.45, 7) is 5.36. The summed E-state index contributed by atoms with van der Waals surface area (Å²) in [5, 5.41) is 1.42. The lowest BCUT2D eigenvalue weighted by Gasteiger charge is -2.39. The van der Waals surface area contributed by atoms with Gasteiger partial charge in [-0.1, -0.05) is 115 Å². The molecule has 0 aliphatic carbocycles. The Balaban J connectivity index is 1.52. The number of benzene rings is 3. The zero-order valence-corrected chi connectivity index (χ0v) is 20.7. The molecule has 3 aliphatic heterocycles. The summed E-state index contributed by atoms with van der Waals surface area (Å²) in [4.78, 5) is 5.20. The summed E-state index contributed by atoms with van der Waals surface area (Å²) in [7, 11) is 0. The molecule has 33 heavy (non-hydrogen) atoms. The second-order valence-corrected chi connectivity index (χ2v) is 14.6. The van der Waals surface area contributed by atoms with E-state index in [-0.39, 0.29) is 17.1 Å². The molecule has 2 nitrogen and oxygen atoms in total. The van der Waals surface area contributed by atoms with Crippen LogP contribution in [0.2, 0.25) is 0 Å². The topological polar surface area (TPSA) is 21.6 Å². The van der Waals surface area contributed by atoms with E-state index in [0.717, 1.165) is 12.1 Å². The molecule has 0 N–H and O–H groups in total. The SMILES string of the molecule is CC1=C(c2ccccc2)[P@]2(=S)C[C@]1(C)[C@@H](c1ccccc1)[C@H]2C1=NC(c2ccccc2)CO1. The number of hydrogen-bond acceptors (Lipinski definition) is 3. The van der Waals surface area contributed by atoms with Gasteiger partial charge in [-0.3, -0.25) is 0 Å². The summed E-state index contributed by atoms with van der Waals surface area (Å²) < 4.78 is 6.43. The first-order valence-electron chi connectivity index (χ1n) is 11.7. The quantitative estimate of drug-likeness (QED) is 0.375. The first kappa shape index (κ1) is 21.1. The Morgan fingerprint density at radius 1 is 0.879 bits per heavy atom. The fourth-order valence-corrected chi connectivity index (χ4v) is 13.5. The molecule has 166 valence electrons. The van der Waals surface area contributed by atoms with Gasteiger partial charge in [-0.15, -0.1) is 0 Å². The van der Waals surface area contributed by atoms with Gasteiger partial charge in [-0.25, -0.2) is 4.99 Å². The van der Waals surface area contributed by atoms with Crippen LogP contribution in [0.25, 0.3) is 5.31 Å². The second-order valence-electron chi connectivity index (χ2n) is 9.75. The van der Waals surface area contributed by atoms with Crippen molar-refractivity contribution >= 4 is 29.1 Å². The Morgan fingerprint density at radius 2 is 1.45 bits per heavy atom. The predicted molar refractivity (Wildman–Crippen MR) is 142 cm³/mol. The van der Waals surface area contributed by atoms with E-state index >= 15 is 0 Å². The lowest BCUT2D eigenvalue weighted by Crippen LogP contribution is -2.35. The number of nitrogens with zero attached hydrogens (tertiary/aromatic N) is 1. The fourth-order valence-electron chi connectivity index (χ4n) is 6.36. The van der Waals surface area contributed by atoms with Crippen LogP contribution in [0.3, 0.4) is 0 Å². The van der Waals surface area contributed by atoms with Crippen molar-refractivity contribution in [1.82, 2.24) is 0 Å². The minimum absolute atomic E-state index is 0.0173. The van der Waals surface area contributed by atoms with Gasteiger partial charge in [0.15, 0.2) is 5.90 Å². The monoisotopic (exact) mass is 469 g/mol. The molecule has 0 spiro atoms. The molecule has 0 amide bonds. The molecule has 2 bridgehead atoms. The number of allylic oxidation sites excluding steroid dienone is 1. The first-order chi connectivity index (χ1) is 16.0. The van der Waals surface area contributed by atoms with Crippen LogP contribution in [0.15, 0.2) is 102 Å². The number of ether oxygens (including phenoxy) is 1. The minimum atomic E-state index is -1.97. The Bertz CT molecular complexity index is 1300. The second kappa shape index (κ2) is 7.79. The largest absolute Gasteiger partial charge is 0.478 e. The van der Waals surface area contributed by atoms with Gasteiger partial charge in [0.1, 0.15) is 12.6 Å². The maximum absolute atomic E-state index is 6.75. The fraction of sp³-hybridized carbons (Fsp3) is 0.276. The molecule has 0 aromatic heterocycles. The zero-order chi connectivity index (χ0) is 22.6. The van der Waals surface area contributed by atoms with Gasteiger partial charge in [0, 0.05) is 11.3 Å². The highest BCUT2D eigenvalue weighted by atomic mass is 32.4. The minimum Gasteiger partial charge on any atom is -0.478 e. The molecule has 0 saturated carbocycles. The molecule has 3 aromatic carbocycles. The van der Waals surface area contributed by atoms with Gasteiger partial charge in [0.25, 0.3) is 0 Å². The molecule has 5 atom stereocenters. The third-order valence-electron chi connectivity index (χ3n) is 7.92. The normalized spacial score (nSPS) is 32.7. The molecule has 4 heteroatoms. The standard InChI is InChI=1S/C29H28NOPS/c1-20-26(23-16-10-5-11-17-23)32(33)19-29(20,2)25(22-14-8-4-9-15-22)27(32)28-30-24(18-31-28)21-12-6-3-7-13-21/h3-17,24-25,27H,18-19H2,1-2H3/t24?,25-,27-,29-,32+/m0/s1. The highest BCUT2D eigenvalue weighted by Gasteiger charge is 2.64. The molecule has 3 aliphatic rings. The number of fused-ring (bicyclic) bond motifs is 2. The van der Waals surface area contributed by atoms with E-state index < -0.39 is 6.04 Å². The Morgan fingerprint density at radius 3 is 2.09 bits per heavy atom. The average molecular weight is 470 g/mol. The van der Waals surface area contributed by atoms with Gasteiger partial charge < -0.3 is 4.74 Å². The van der Waals surface area contributed by atoms with Crippen LogP contribution in [-0.2, 0) is 16.5 Å². The summed E-state index contributed by atoms with van der Waals surface area (Å²) in [6, 6.07) is 30.3. The molecule has 3 heterocycles. The number of rotatable bonds is 4. The Kier molecular flexibility index (Phi) is 4.98. The van der Waals surface area contributed by atoms with E-state index in [9.17, 15) is 0 Å². The molecular weight excluding hydrogens is 441 g/mol. The third kappa shape index (κ3) is 3.13. The van der Waals surface area contributed by atoms with Crippen molar-refractivity contribution in [2.45, 2.75) is 31.5 Å². The average Bonchev–Trinajstić information content (AvgIpc) is 3.47. The zero-order valence-electron chi connectivity index (χ0n) is 19.0. The van der Waals surface area contributed by atoms with E-state index in [1.54, 1.807) is 0 Å². The van der Waals surface area contributed by atoms with E-state index in [4.69, 9.17) is 21.5 Å². The number of hydrogen-bond donors (Lipinski definition) is 0. The van der Waals surface area contributed by atoms with Crippen molar-refractivity contribution in [2.24, 2.45) is 10.4 Å². The van der Waals surface area contributed by atoms with Gasteiger partial charge in [-0.2, -0.15) is 0 Å².